The van der Waals surface area contributed by atoms with Crippen LogP contribution >= 0.6 is 11.3 Å². The Morgan fingerprint density at radius 2 is 1.57 bits per heavy atom. The number of halogens is 1. The zero-order valence-electron chi connectivity index (χ0n) is 19.2. The molecule has 0 radical (unpaired) electrons. The average Bonchev–Trinajstić information content (AvgIpc) is 3.56. The maximum absolute atomic E-state index is 13.4. The number of aryl methyl sites for hydroxylation is 1. The first-order valence-corrected chi connectivity index (χ1v) is 14.0. The Bertz CT molecular complexity index is 1450. The van der Waals surface area contributed by atoms with Gasteiger partial charge in [0.1, 0.15) is 5.82 Å². The molecule has 0 spiro atoms. The van der Waals surface area contributed by atoms with Crippen LogP contribution in [0.5, 0.6) is 0 Å². The number of nitrogens with zero attached hydrogens (tertiary/aromatic N) is 3. The fraction of sp³-hybridized carbons (Fsp3) is 0.222. The number of sulfonamides is 1. The lowest BCUT2D eigenvalue weighted by Gasteiger charge is -2.16. The maximum Gasteiger partial charge on any atom is 0.243 e. The van der Waals surface area contributed by atoms with Crippen LogP contribution in [-0.4, -0.2) is 30.4 Å². The summed E-state index contributed by atoms with van der Waals surface area (Å²) >= 11 is 1.51. The van der Waals surface area contributed by atoms with Crippen molar-refractivity contribution in [3.63, 3.8) is 0 Å². The third-order valence-electron chi connectivity index (χ3n) is 6.17. The molecule has 0 aliphatic carbocycles. The summed E-state index contributed by atoms with van der Waals surface area (Å²) in [6.07, 6.45) is 2.64. The highest BCUT2D eigenvalue weighted by Crippen LogP contribution is 2.26. The van der Waals surface area contributed by atoms with Gasteiger partial charge in [0.15, 0.2) is 4.80 Å². The molecule has 180 valence electrons. The van der Waals surface area contributed by atoms with Crippen molar-refractivity contribution in [3.05, 3.63) is 100 Å². The van der Waals surface area contributed by atoms with Crippen molar-refractivity contribution in [1.82, 2.24) is 8.87 Å². The SMILES string of the molecule is O=S(=O)(c1ccc(-c2csc(=Nc3ccc(F)cc3)n2CCc2ccccc2)cc1)N1CCCC1. The minimum atomic E-state index is -3.45. The summed E-state index contributed by atoms with van der Waals surface area (Å²) in [6.45, 7) is 1.88. The second-order valence-corrected chi connectivity index (χ2v) is 11.3. The summed E-state index contributed by atoms with van der Waals surface area (Å²) in [5, 5.41) is 2.04. The Morgan fingerprint density at radius 3 is 2.26 bits per heavy atom. The van der Waals surface area contributed by atoms with Crippen LogP contribution in [0.3, 0.4) is 0 Å². The van der Waals surface area contributed by atoms with Gasteiger partial charge in [0.2, 0.25) is 10.0 Å². The molecule has 35 heavy (non-hydrogen) atoms. The molecule has 2 heterocycles. The molecule has 0 unspecified atom stereocenters. The number of benzene rings is 3. The largest absolute Gasteiger partial charge is 0.316 e. The molecule has 1 aliphatic heterocycles. The molecule has 8 heteroatoms. The molecule has 0 N–H and O–H groups in total. The van der Waals surface area contributed by atoms with E-state index in [4.69, 9.17) is 4.99 Å². The van der Waals surface area contributed by atoms with E-state index in [1.54, 1.807) is 28.6 Å². The minimum absolute atomic E-state index is 0.295. The van der Waals surface area contributed by atoms with E-state index in [1.807, 2.05) is 35.7 Å². The van der Waals surface area contributed by atoms with E-state index in [0.717, 1.165) is 35.3 Å². The molecule has 1 aromatic heterocycles. The third-order valence-corrected chi connectivity index (χ3v) is 8.95. The highest BCUT2D eigenvalue weighted by atomic mass is 32.2. The van der Waals surface area contributed by atoms with Crippen molar-refractivity contribution in [2.45, 2.75) is 30.7 Å². The van der Waals surface area contributed by atoms with Crippen LogP contribution in [0.2, 0.25) is 0 Å². The van der Waals surface area contributed by atoms with Gasteiger partial charge in [-0.1, -0.05) is 42.5 Å². The molecule has 3 aromatic carbocycles. The standard InChI is InChI=1S/C27H26FN3O2S2/c28-23-10-12-24(13-11-23)29-27-31(19-16-21-6-2-1-3-7-21)26(20-34-27)22-8-14-25(15-9-22)35(32,33)30-17-4-5-18-30/h1-3,6-15,20H,4-5,16-19H2. The lowest BCUT2D eigenvalue weighted by Crippen LogP contribution is -2.27. The van der Waals surface area contributed by atoms with Crippen molar-refractivity contribution in [1.29, 1.82) is 0 Å². The van der Waals surface area contributed by atoms with Crippen LogP contribution in [0.1, 0.15) is 18.4 Å². The van der Waals surface area contributed by atoms with Crippen LogP contribution in [0.15, 0.2) is 94.1 Å². The lowest BCUT2D eigenvalue weighted by atomic mass is 10.1. The van der Waals surface area contributed by atoms with E-state index in [1.165, 1.54) is 29.0 Å². The van der Waals surface area contributed by atoms with Crippen LogP contribution in [0, 0.1) is 5.82 Å². The monoisotopic (exact) mass is 507 g/mol. The first-order valence-electron chi connectivity index (χ1n) is 11.6. The quantitative estimate of drug-likeness (QED) is 0.326. The maximum atomic E-state index is 13.4. The summed E-state index contributed by atoms with van der Waals surface area (Å²) < 4.78 is 42.9. The fourth-order valence-corrected chi connectivity index (χ4v) is 6.72. The van der Waals surface area contributed by atoms with Gasteiger partial charge >= 0.3 is 0 Å². The number of hydrogen-bond acceptors (Lipinski definition) is 4. The predicted octanol–water partition coefficient (Wildman–Crippen LogP) is 5.62. The molecule has 5 nitrogen and oxygen atoms in total. The fourth-order valence-electron chi connectivity index (χ4n) is 4.25. The Kier molecular flexibility index (Phi) is 6.95. The van der Waals surface area contributed by atoms with Gasteiger partial charge < -0.3 is 4.57 Å². The van der Waals surface area contributed by atoms with Crippen LogP contribution in [-0.2, 0) is 23.0 Å². The number of hydrogen-bond donors (Lipinski definition) is 0. The smallest absolute Gasteiger partial charge is 0.243 e. The Hall–Kier alpha value is -3.07. The summed E-state index contributed by atoms with van der Waals surface area (Å²) in [7, 11) is -3.45. The number of rotatable bonds is 7. The van der Waals surface area contributed by atoms with Crippen molar-refractivity contribution in [3.8, 4) is 11.3 Å². The highest BCUT2D eigenvalue weighted by Gasteiger charge is 2.27. The summed E-state index contributed by atoms with van der Waals surface area (Å²) in [5.41, 5.74) is 3.80. The van der Waals surface area contributed by atoms with Gasteiger partial charge in [-0.2, -0.15) is 4.31 Å². The Morgan fingerprint density at radius 1 is 0.886 bits per heavy atom. The molecule has 0 bridgehead atoms. The van der Waals surface area contributed by atoms with E-state index in [-0.39, 0.29) is 5.82 Å². The van der Waals surface area contributed by atoms with E-state index >= 15 is 0 Å². The molecule has 1 aliphatic rings. The van der Waals surface area contributed by atoms with E-state index in [9.17, 15) is 12.8 Å². The molecule has 0 saturated carbocycles. The summed E-state index contributed by atoms with van der Waals surface area (Å²) in [5.74, 6) is -0.295. The van der Waals surface area contributed by atoms with Crippen LogP contribution in [0.4, 0.5) is 10.1 Å². The molecule has 5 rings (SSSR count). The third kappa shape index (κ3) is 5.29. The van der Waals surface area contributed by atoms with E-state index in [0.29, 0.717) is 30.2 Å². The zero-order chi connectivity index (χ0) is 24.3. The normalized spacial score (nSPS) is 15.1. The van der Waals surface area contributed by atoms with Gasteiger partial charge in [-0.15, -0.1) is 11.3 Å². The zero-order valence-corrected chi connectivity index (χ0v) is 20.8. The molecule has 0 amide bonds. The topological polar surface area (TPSA) is 54.7 Å². The van der Waals surface area contributed by atoms with Crippen LogP contribution in [0.25, 0.3) is 11.3 Å². The minimum Gasteiger partial charge on any atom is -0.316 e. The summed E-state index contributed by atoms with van der Waals surface area (Å²) in [4.78, 5) is 5.89. The second kappa shape index (κ2) is 10.3. The molecule has 0 atom stereocenters. The van der Waals surface area contributed by atoms with Crippen molar-refractivity contribution >= 4 is 27.0 Å². The van der Waals surface area contributed by atoms with Gasteiger partial charge in [0, 0.05) is 25.0 Å². The van der Waals surface area contributed by atoms with E-state index in [2.05, 4.69) is 16.7 Å². The average molecular weight is 508 g/mol. The Balaban J connectivity index is 1.50. The van der Waals surface area contributed by atoms with Crippen molar-refractivity contribution in [2.75, 3.05) is 13.1 Å². The van der Waals surface area contributed by atoms with Gasteiger partial charge in [-0.05, 0) is 66.8 Å². The molecule has 4 aromatic rings. The van der Waals surface area contributed by atoms with Crippen molar-refractivity contribution in [2.24, 2.45) is 4.99 Å². The summed E-state index contributed by atoms with van der Waals surface area (Å²) in [6, 6.07) is 23.5. The van der Waals surface area contributed by atoms with E-state index < -0.39 is 10.0 Å². The number of thiazole rings is 1. The molecular weight excluding hydrogens is 481 g/mol. The first kappa shape index (κ1) is 23.7. The number of aromatic nitrogens is 1. The molecular formula is C27H26FN3O2S2. The first-order chi connectivity index (χ1) is 17.0. The highest BCUT2D eigenvalue weighted by molar-refractivity contribution is 7.89. The predicted molar refractivity (Wildman–Crippen MR) is 138 cm³/mol. The van der Waals surface area contributed by atoms with Gasteiger partial charge in [0.05, 0.1) is 16.3 Å². The van der Waals surface area contributed by atoms with Crippen molar-refractivity contribution < 1.29 is 12.8 Å². The Labute approximate surface area is 208 Å². The second-order valence-electron chi connectivity index (χ2n) is 8.51. The lowest BCUT2D eigenvalue weighted by molar-refractivity contribution is 0.477. The van der Waals surface area contributed by atoms with Gasteiger partial charge in [0.25, 0.3) is 0 Å². The van der Waals surface area contributed by atoms with Gasteiger partial charge in [-0.25, -0.2) is 17.8 Å². The van der Waals surface area contributed by atoms with Gasteiger partial charge in [-0.3, -0.25) is 0 Å². The molecule has 1 fully saturated rings. The molecule has 1 saturated heterocycles. The van der Waals surface area contributed by atoms with Crippen LogP contribution < -0.4 is 4.80 Å².